The summed E-state index contributed by atoms with van der Waals surface area (Å²) in [4.78, 5) is 1.29. The van der Waals surface area contributed by atoms with Gasteiger partial charge in [0, 0.05) is 4.90 Å². The summed E-state index contributed by atoms with van der Waals surface area (Å²) >= 11 is 1.76. The van der Waals surface area contributed by atoms with Crippen LogP contribution >= 0.6 is 11.8 Å². The Morgan fingerprint density at radius 2 is 1.87 bits per heavy atom. The van der Waals surface area contributed by atoms with Crippen molar-refractivity contribution in [2.24, 2.45) is 11.3 Å². The van der Waals surface area contributed by atoms with Crippen molar-refractivity contribution in [3.8, 4) is 0 Å². The van der Waals surface area contributed by atoms with Crippen LogP contribution in [-0.4, -0.2) is 6.26 Å². The summed E-state index contributed by atoms with van der Waals surface area (Å²) < 4.78 is 0. The molecule has 0 aliphatic carbocycles. The first-order chi connectivity index (χ1) is 7.00. The van der Waals surface area contributed by atoms with E-state index in [2.05, 4.69) is 56.7 Å². The van der Waals surface area contributed by atoms with Crippen LogP contribution < -0.4 is 11.3 Å². The molecule has 0 saturated carbocycles. The molecule has 1 atom stereocenters. The fourth-order valence-electron chi connectivity index (χ4n) is 1.71. The quantitative estimate of drug-likeness (QED) is 0.471. The SMILES string of the molecule is CSc1ccccc1C(NN)C(C)(C)C. The average Bonchev–Trinajstić information content (AvgIpc) is 2.17. The van der Waals surface area contributed by atoms with E-state index in [4.69, 9.17) is 5.84 Å². The van der Waals surface area contributed by atoms with Crippen LogP contribution in [-0.2, 0) is 0 Å². The van der Waals surface area contributed by atoms with Gasteiger partial charge in [0.2, 0.25) is 0 Å². The van der Waals surface area contributed by atoms with Gasteiger partial charge in [0.1, 0.15) is 0 Å². The van der Waals surface area contributed by atoms with Gasteiger partial charge in [0.25, 0.3) is 0 Å². The molecule has 0 radical (unpaired) electrons. The van der Waals surface area contributed by atoms with E-state index in [1.54, 1.807) is 11.8 Å². The molecule has 3 heteroatoms. The van der Waals surface area contributed by atoms with Crippen LogP contribution in [0.25, 0.3) is 0 Å². The van der Waals surface area contributed by atoms with Gasteiger partial charge in [-0.1, -0.05) is 39.0 Å². The summed E-state index contributed by atoms with van der Waals surface area (Å²) in [6, 6.07) is 8.58. The molecule has 84 valence electrons. The summed E-state index contributed by atoms with van der Waals surface area (Å²) in [5.74, 6) is 5.66. The second-order valence-electron chi connectivity index (χ2n) is 4.71. The van der Waals surface area contributed by atoms with E-state index < -0.39 is 0 Å². The topological polar surface area (TPSA) is 38.0 Å². The minimum atomic E-state index is 0.112. The van der Waals surface area contributed by atoms with Gasteiger partial charge >= 0.3 is 0 Å². The van der Waals surface area contributed by atoms with E-state index in [9.17, 15) is 0 Å². The van der Waals surface area contributed by atoms with E-state index in [0.717, 1.165) is 0 Å². The van der Waals surface area contributed by atoms with Crippen LogP contribution in [0.4, 0.5) is 0 Å². The minimum absolute atomic E-state index is 0.112. The Labute approximate surface area is 96.6 Å². The number of hydrogen-bond donors (Lipinski definition) is 2. The third kappa shape index (κ3) is 2.97. The molecule has 0 amide bonds. The summed E-state index contributed by atoms with van der Waals surface area (Å²) in [5.41, 5.74) is 4.31. The van der Waals surface area contributed by atoms with Crippen LogP contribution in [0.3, 0.4) is 0 Å². The first-order valence-electron chi connectivity index (χ1n) is 5.09. The van der Waals surface area contributed by atoms with Crippen molar-refractivity contribution in [3.63, 3.8) is 0 Å². The van der Waals surface area contributed by atoms with Crippen molar-refractivity contribution >= 4 is 11.8 Å². The first-order valence-corrected chi connectivity index (χ1v) is 6.32. The number of benzene rings is 1. The molecule has 0 fully saturated rings. The lowest BCUT2D eigenvalue weighted by Crippen LogP contribution is -2.37. The van der Waals surface area contributed by atoms with E-state index >= 15 is 0 Å². The molecular weight excluding hydrogens is 204 g/mol. The zero-order valence-electron chi connectivity index (χ0n) is 9.87. The number of nitrogens with one attached hydrogen (secondary N) is 1. The fraction of sp³-hybridized carbons (Fsp3) is 0.500. The number of hydrogen-bond acceptors (Lipinski definition) is 3. The summed E-state index contributed by atoms with van der Waals surface area (Å²) in [5, 5.41) is 0. The van der Waals surface area contributed by atoms with E-state index in [0.29, 0.717) is 0 Å². The average molecular weight is 224 g/mol. The lowest BCUT2D eigenvalue weighted by Gasteiger charge is -2.31. The Balaban J connectivity index is 3.12. The monoisotopic (exact) mass is 224 g/mol. The third-order valence-corrected chi connectivity index (χ3v) is 3.29. The summed E-state index contributed by atoms with van der Waals surface area (Å²) in [7, 11) is 0. The smallest absolute Gasteiger partial charge is 0.0519 e. The van der Waals surface area contributed by atoms with Crippen molar-refractivity contribution in [2.45, 2.75) is 31.7 Å². The minimum Gasteiger partial charge on any atom is -0.271 e. The Hall–Kier alpha value is -0.510. The second kappa shape index (κ2) is 5.01. The molecule has 0 spiro atoms. The Bertz CT molecular complexity index is 318. The molecule has 1 aromatic rings. The molecule has 0 saturated heterocycles. The summed E-state index contributed by atoms with van der Waals surface area (Å²) in [6.45, 7) is 6.57. The van der Waals surface area contributed by atoms with E-state index in [-0.39, 0.29) is 11.5 Å². The molecule has 1 unspecified atom stereocenters. The number of thioether (sulfide) groups is 1. The van der Waals surface area contributed by atoms with Gasteiger partial charge in [0.05, 0.1) is 6.04 Å². The van der Waals surface area contributed by atoms with Crippen LogP contribution in [0.15, 0.2) is 29.2 Å². The van der Waals surface area contributed by atoms with Gasteiger partial charge in [-0.25, -0.2) is 0 Å². The highest BCUT2D eigenvalue weighted by atomic mass is 32.2. The number of nitrogens with two attached hydrogens (primary N) is 1. The van der Waals surface area contributed by atoms with E-state index in [1.807, 2.05) is 0 Å². The van der Waals surface area contributed by atoms with Gasteiger partial charge in [0.15, 0.2) is 0 Å². The van der Waals surface area contributed by atoms with Crippen molar-refractivity contribution in [1.82, 2.24) is 5.43 Å². The van der Waals surface area contributed by atoms with Gasteiger partial charge in [-0.05, 0) is 23.3 Å². The Morgan fingerprint density at radius 1 is 1.27 bits per heavy atom. The molecule has 0 aliphatic rings. The van der Waals surface area contributed by atoms with Crippen molar-refractivity contribution in [3.05, 3.63) is 29.8 Å². The van der Waals surface area contributed by atoms with Crippen molar-refractivity contribution < 1.29 is 0 Å². The molecule has 0 bridgehead atoms. The molecule has 0 aliphatic heterocycles. The summed E-state index contributed by atoms with van der Waals surface area (Å²) in [6.07, 6.45) is 2.09. The molecular formula is C12H20N2S. The Kier molecular flexibility index (Phi) is 4.20. The fourth-order valence-corrected chi connectivity index (χ4v) is 2.35. The van der Waals surface area contributed by atoms with Gasteiger partial charge in [-0.2, -0.15) is 0 Å². The highest BCUT2D eigenvalue weighted by molar-refractivity contribution is 7.98. The molecule has 1 aromatic carbocycles. The van der Waals surface area contributed by atoms with Crippen LogP contribution in [0.2, 0.25) is 0 Å². The normalized spacial score (nSPS) is 13.9. The number of hydrazine groups is 1. The second-order valence-corrected chi connectivity index (χ2v) is 5.56. The lowest BCUT2D eigenvalue weighted by molar-refractivity contribution is 0.272. The first kappa shape index (κ1) is 12.6. The highest BCUT2D eigenvalue weighted by Crippen LogP contribution is 2.36. The predicted octanol–water partition coefficient (Wildman–Crippen LogP) is 2.96. The maximum Gasteiger partial charge on any atom is 0.0519 e. The zero-order chi connectivity index (χ0) is 11.5. The molecule has 1 rings (SSSR count). The van der Waals surface area contributed by atoms with Gasteiger partial charge < -0.3 is 0 Å². The standard InChI is InChI=1S/C12H20N2S/c1-12(2,3)11(14-13)9-7-5-6-8-10(9)15-4/h5-8,11,14H,13H2,1-4H3. The third-order valence-electron chi connectivity index (χ3n) is 2.48. The number of rotatable bonds is 3. The molecule has 2 nitrogen and oxygen atoms in total. The molecule has 15 heavy (non-hydrogen) atoms. The van der Waals surface area contributed by atoms with Crippen LogP contribution in [0.5, 0.6) is 0 Å². The largest absolute Gasteiger partial charge is 0.271 e. The van der Waals surface area contributed by atoms with E-state index in [1.165, 1.54) is 10.5 Å². The maximum absolute atomic E-state index is 5.66. The molecule has 0 aromatic heterocycles. The van der Waals surface area contributed by atoms with Crippen molar-refractivity contribution in [1.29, 1.82) is 0 Å². The lowest BCUT2D eigenvalue weighted by atomic mass is 9.83. The van der Waals surface area contributed by atoms with Crippen LogP contribution in [0, 0.1) is 5.41 Å². The highest BCUT2D eigenvalue weighted by Gasteiger charge is 2.26. The molecule has 0 heterocycles. The Morgan fingerprint density at radius 3 is 2.33 bits per heavy atom. The predicted molar refractivity (Wildman–Crippen MR) is 67.7 cm³/mol. The zero-order valence-corrected chi connectivity index (χ0v) is 10.7. The van der Waals surface area contributed by atoms with Gasteiger partial charge in [-0.3, -0.25) is 11.3 Å². The van der Waals surface area contributed by atoms with Gasteiger partial charge in [-0.15, -0.1) is 11.8 Å². The maximum atomic E-state index is 5.66. The molecule has 3 N–H and O–H groups in total. The van der Waals surface area contributed by atoms with Crippen LogP contribution in [0.1, 0.15) is 32.4 Å². The van der Waals surface area contributed by atoms with Crippen molar-refractivity contribution in [2.75, 3.05) is 6.26 Å².